The first-order valence-corrected chi connectivity index (χ1v) is 15.4. The van der Waals surface area contributed by atoms with Gasteiger partial charge in [-0.3, -0.25) is 14.5 Å². The molecular weight excluding hydrogens is 553 g/mol. The number of piperidine rings is 1. The number of pyridine rings is 1. The molecule has 2 N–H and O–H groups in total. The van der Waals surface area contributed by atoms with E-state index < -0.39 is 16.1 Å². The van der Waals surface area contributed by atoms with E-state index in [9.17, 15) is 17.6 Å². The van der Waals surface area contributed by atoms with Crippen LogP contribution in [0.2, 0.25) is 0 Å². The largest absolute Gasteiger partial charge is 0.379 e. The molecule has 220 valence electrons. The van der Waals surface area contributed by atoms with Crippen LogP contribution >= 0.6 is 0 Å². The van der Waals surface area contributed by atoms with Crippen molar-refractivity contribution in [2.24, 2.45) is 0 Å². The maximum Gasteiger partial charge on any atom is 0.323 e. The van der Waals surface area contributed by atoms with Gasteiger partial charge in [-0.05, 0) is 56.0 Å². The van der Waals surface area contributed by atoms with E-state index in [1.807, 2.05) is 4.72 Å². The average Bonchev–Trinajstić information content (AvgIpc) is 3.31. The smallest absolute Gasteiger partial charge is 0.323 e. The number of anilines is 1. The lowest BCUT2D eigenvalue weighted by atomic mass is 9.82. The molecule has 2 aliphatic heterocycles. The molecule has 1 aliphatic carbocycles. The van der Waals surface area contributed by atoms with Crippen LogP contribution in [0.1, 0.15) is 54.2 Å². The second-order valence-electron chi connectivity index (χ2n) is 10.7. The number of ether oxygens (including phenoxy) is 1. The zero-order valence-electron chi connectivity index (χ0n) is 22.9. The molecule has 1 saturated carbocycles. The number of nitrogens with zero attached hydrogens (tertiary/aromatic N) is 5. The summed E-state index contributed by atoms with van der Waals surface area (Å²) in [5, 5.41) is 5.81. The summed E-state index contributed by atoms with van der Waals surface area (Å²) in [6.45, 7) is 4.87. The molecule has 0 radical (unpaired) electrons. The van der Waals surface area contributed by atoms with Gasteiger partial charge in [-0.15, -0.1) is 0 Å². The van der Waals surface area contributed by atoms with Crippen LogP contribution in [0, 0.1) is 5.82 Å². The molecular formula is C27H34FN7O5S. The number of halogens is 1. The number of nitrogens with one attached hydrogen (secondary N) is 2. The van der Waals surface area contributed by atoms with Gasteiger partial charge in [-0.2, -0.15) is 13.5 Å². The molecule has 2 saturated heterocycles. The van der Waals surface area contributed by atoms with E-state index in [0.29, 0.717) is 17.4 Å². The van der Waals surface area contributed by atoms with Crippen molar-refractivity contribution in [3.63, 3.8) is 0 Å². The van der Waals surface area contributed by atoms with E-state index in [4.69, 9.17) is 9.84 Å². The van der Waals surface area contributed by atoms with Gasteiger partial charge >= 0.3 is 10.2 Å². The van der Waals surface area contributed by atoms with Crippen molar-refractivity contribution in [1.29, 1.82) is 0 Å². The van der Waals surface area contributed by atoms with Crippen molar-refractivity contribution in [1.82, 2.24) is 29.3 Å². The van der Waals surface area contributed by atoms with Crippen molar-refractivity contribution in [2.45, 2.75) is 44.1 Å². The number of morpholine rings is 1. The molecule has 1 amide bonds. The lowest BCUT2D eigenvalue weighted by Crippen LogP contribution is -2.49. The molecule has 41 heavy (non-hydrogen) atoms. The second-order valence-corrected chi connectivity index (χ2v) is 12.1. The predicted octanol–water partition coefficient (Wildman–Crippen LogP) is 2.25. The maximum atomic E-state index is 13.8. The topological polar surface area (TPSA) is 131 Å². The number of benzene rings is 1. The monoisotopic (exact) mass is 587 g/mol. The van der Waals surface area contributed by atoms with Crippen molar-refractivity contribution < 1.29 is 27.2 Å². The number of amides is 1. The van der Waals surface area contributed by atoms with E-state index >= 15 is 0 Å². The van der Waals surface area contributed by atoms with Crippen LogP contribution in [0.3, 0.4) is 0 Å². The quantitative estimate of drug-likeness (QED) is 0.381. The summed E-state index contributed by atoms with van der Waals surface area (Å²) >= 11 is 0. The Balaban J connectivity index is 1.43. The average molecular weight is 588 g/mol. The Kier molecular flexibility index (Phi) is 7.92. The Morgan fingerprint density at radius 2 is 1.78 bits per heavy atom. The van der Waals surface area contributed by atoms with E-state index in [1.165, 1.54) is 12.1 Å². The molecule has 2 aromatic heterocycles. The zero-order chi connectivity index (χ0) is 28.6. The molecule has 3 fully saturated rings. The predicted molar refractivity (Wildman–Crippen MR) is 150 cm³/mol. The minimum atomic E-state index is -4.27. The van der Waals surface area contributed by atoms with Crippen molar-refractivity contribution >= 4 is 32.8 Å². The first kappa shape index (κ1) is 28.0. The third kappa shape index (κ3) is 5.79. The van der Waals surface area contributed by atoms with E-state index in [0.717, 1.165) is 95.4 Å². The van der Waals surface area contributed by atoms with Gasteiger partial charge in [0.25, 0.3) is 5.91 Å². The Hall–Kier alpha value is -3.17. The third-order valence-corrected chi connectivity index (χ3v) is 9.07. The molecule has 0 atom stereocenters. The summed E-state index contributed by atoms with van der Waals surface area (Å²) in [7, 11) is -3.13. The van der Waals surface area contributed by atoms with E-state index in [1.54, 1.807) is 27.8 Å². The molecule has 3 aliphatic rings. The fourth-order valence-corrected chi connectivity index (χ4v) is 6.55. The Morgan fingerprint density at radius 3 is 2.41 bits per heavy atom. The molecule has 1 aromatic carbocycles. The number of hydrogen-bond acceptors (Lipinski definition) is 9. The van der Waals surface area contributed by atoms with Gasteiger partial charge in [0.2, 0.25) is 0 Å². The number of carbonyl (C=O) groups excluding carboxylic acids is 1. The number of fused-ring (bicyclic) bond motifs is 1. The highest BCUT2D eigenvalue weighted by molar-refractivity contribution is 7.88. The fourth-order valence-electron chi connectivity index (χ4n) is 5.94. The molecule has 0 spiro atoms. The van der Waals surface area contributed by atoms with Crippen LogP contribution < -0.4 is 14.5 Å². The number of hydrogen-bond donors (Lipinski definition) is 2. The van der Waals surface area contributed by atoms with Gasteiger partial charge in [0, 0.05) is 38.1 Å². The van der Waals surface area contributed by atoms with Gasteiger partial charge in [-0.1, -0.05) is 11.3 Å². The summed E-state index contributed by atoms with van der Waals surface area (Å²) in [6, 6.07) is 8.04. The fraction of sp³-hybridized carbons (Fsp3) is 0.519. The highest BCUT2D eigenvalue weighted by Crippen LogP contribution is 2.43. The molecule has 4 heterocycles. The molecule has 6 rings (SSSR count). The zero-order valence-corrected chi connectivity index (χ0v) is 23.7. The Labute approximate surface area is 237 Å². The molecule has 0 unspecified atom stereocenters. The summed E-state index contributed by atoms with van der Waals surface area (Å²) in [6.07, 6.45) is 4.99. The van der Waals surface area contributed by atoms with Crippen molar-refractivity contribution in [2.75, 3.05) is 51.4 Å². The minimum absolute atomic E-state index is 0.0762. The van der Waals surface area contributed by atoms with Gasteiger partial charge < -0.3 is 9.64 Å². The van der Waals surface area contributed by atoms with Gasteiger partial charge in [0.05, 0.1) is 42.8 Å². The lowest BCUT2D eigenvalue weighted by Gasteiger charge is -2.41. The van der Waals surface area contributed by atoms with Crippen LogP contribution in [0.4, 0.5) is 10.1 Å². The standard InChI is InChI=1S/C27H34FN7O5S/c1-39-32-41(37,38)31-27(36)22-17-23(34-11-9-20(10-12-34)33-13-15-40-16-14-33)24-25(18-3-2-4-18)30-35(26(24)29-22)21-7-5-19(28)6-8-21/h5-8,17-18,20,32H,2-4,9-16H2,1H3,(H,31,36). The van der Waals surface area contributed by atoms with Crippen LogP contribution in [0.5, 0.6) is 0 Å². The second kappa shape index (κ2) is 11.6. The van der Waals surface area contributed by atoms with E-state index in [-0.39, 0.29) is 17.4 Å². The van der Waals surface area contributed by atoms with Crippen molar-refractivity contribution in [3.8, 4) is 5.69 Å². The molecule has 12 nitrogen and oxygen atoms in total. The Bertz CT molecular complexity index is 1510. The number of aromatic nitrogens is 3. The van der Waals surface area contributed by atoms with E-state index in [2.05, 4.69) is 19.6 Å². The van der Waals surface area contributed by atoms with Gasteiger partial charge in [-0.25, -0.2) is 18.8 Å². The van der Waals surface area contributed by atoms with Gasteiger partial charge in [0.1, 0.15) is 11.5 Å². The number of carbonyl (C=O) groups is 1. The SMILES string of the molecule is CONS(=O)(=O)NC(=O)c1cc(N2CCC(N3CCOCC3)CC2)c2c(C3CCC3)nn(-c3ccc(F)cc3)c2n1. The first-order valence-electron chi connectivity index (χ1n) is 14.0. The first-order chi connectivity index (χ1) is 19.8. The normalized spacial score (nSPS) is 19.4. The minimum Gasteiger partial charge on any atom is -0.379 e. The molecule has 14 heteroatoms. The third-order valence-electron chi connectivity index (χ3n) is 8.23. The van der Waals surface area contributed by atoms with Crippen LogP contribution in [-0.2, 0) is 19.8 Å². The summed E-state index contributed by atoms with van der Waals surface area (Å²) in [5.74, 6) is -1.04. The molecule has 0 bridgehead atoms. The summed E-state index contributed by atoms with van der Waals surface area (Å²) < 4.78 is 47.4. The summed E-state index contributed by atoms with van der Waals surface area (Å²) in [5.41, 5.74) is 2.64. The Morgan fingerprint density at radius 1 is 1.07 bits per heavy atom. The van der Waals surface area contributed by atoms with Crippen molar-refractivity contribution in [3.05, 3.63) is 47.5 Å². The van der Waals surface area contributed by atoms with Gasteiger partial charge in [0.15, 0.2) is 5.65 Å². The highest BCUT2D eigenvalue weighted by atomic mass is 32.2. The van der Waals surface area contributed by atoms with Crippen LogP contribution in [0.15, 0.2) is 30.3 Å². The van der Waals surface area contributed by atoms with Crippen LogP contribution in [-0.4, -0.2) is 86.5 Å². The number of rotatable bonds is 8. The molecule has 3 aromatic rings. The maximum absolute atomic E-state index is 13.8. The summed E-state index contributed by atoms with van der Waals surface area (Å²) in [4.78, 5) is 28.9. The lowest BCUT2D eigenvalue weighted by molar-refractivity contribution is 0.0115. The van der Waals surface area contributed by atoms with Crippen LogP contribution in [0.25, 0.3) is 16.7 Å². The highest BCUT2D eigenvalue weighted by Gasteiger charge is 2.33.